The lowest BCUT2D eigenvalue weighted by atomic mass is 10.00. The van der Waals surface area contributed by atoms with Crippen LogP contribution >= 0.6 is 0 Å². The van der Waals surface area contributed by atoms with Crippen LogP contribution in [-0.4, -0.2) is 117 Å². The third-order valence-corrected chi connectivity index (χ3v) is 10.4. The van der Waals surface area contributed by atoms with Crippen LogP contribution < -0.4 is 5.73 Å². The van der Waals surface area contributed by atoms with Gasteiger partial charge in [-0.05, 0) is 99.3 Å². The average molecular weight is 760 g/mol. The highest BCUT2D eigenvalue weighted by Gasteiger charge is 2.55. The molecule has 3 aliphatic rings. The Bertz CT molecular complexity index is 1850. The van der Waals surface area contributed by atoms with Crippen molar-refractivity contribution < 1.29 is 28.5 Å². The molecule has 1 aliphatic carbocycles. The van der Waals surface area contributed by atoms with Gasteiger partial charge in [0.25, 0.3) is 0 Å². The first-order valence-corrected chi connectivity index (χ1v) is 19.7. The fourth-order valence-corrected chi connectivity index (χ4v) is 7.98. The van der Waals surface area contributed by atoms with E-state index in [1.807, 2.05) is 73.6 Å². The second-order valence-electron chi connectivity index (χ2n) is 17.8. The van der Waals surface area contributed by atoms with E-state index < -0.39 is 23.1 Å². The Morgan fingerprint density at radius 3 is 2.25 bits per heavy atom. The number of amides is 2. The summed E-state index contributed by atoms with van der Waals surface area (Å²) in [7, 11) is 2.12. The average Bonchev–Trinajstić information content (AvgIpc) is 3.74. The molecule has 55 heavy (non-hydrogen) atoms. The first-order chi connectivity index (χ1) is 25.9. The fourth-order valence-electron chi connectivity index (χ4n) is 7.98. The Kier molecular flexibility index (Phi) is 11.9. The number of anilines is 1. The maximum absolute atomic E-state index is 13.9. The lowest BCUT2D eigenvalue weighted by Crippen LogP contribution is -2.44. The van der Waals surface area contributed by atoms with Crippen molar-refractivity contribution in [1.82, 2.24) is 29.2 Å². The van der Waals surface area contributed by atoms with E-state index in [1.165, 1.54) is 11.9 Å². The molecular formula is C42H61N7O6. The molecule has 1 saturated heterocycles. The molecule has 0 bridgehead atoms. The van der Waals surface area contributed by atoms with Crippen molar-refractivity contribution >= 4 is 34.6 Å². The van der Waals surface area contributed by atoms with Crippen LogP contribution in [0.3, 0.4) is 0 Å². The number of hydrogen-bond donors (Lipinski definition) is 1. The summed E-state index contributed by atoms with van der Waals surface area (Å²) in [5.41, 5.74) is 9.41. The molecule has 3 aromatic rings. The zero-order valence-corrected chi connectivity index (χ0v) is 34.2. The molecule has 0 unspecified atom stereocenters. The van der Waals surface area contributed by atoms with E-state index >= 15 is 0 Å². The van der Waals surface area contributed by atoms with Gasteiger partial charge in [0, 0.05) is 56.9 Å². The second-order valence-corrected chi connectivity index (χ2v) is 17.8. The summed E-state index contributed by atoms with van der Waals surface area (Å²) >= 11 is 0. The summed E-state index contributed by atoms with van der Waals surface area (Å²) in [5, 5.41) is 0.855. The molecule has 2 fully saturated rings. The number of carbonyl (C=O) groups is 2. The Morgan fingerprint density at radius 1 is 0.945 bits per heavy atom. The second kappa shape index (κ2) is 16.1. The third kappa shape index (κ3) is 9.98. The van der Waals surface area contributed by atoms with Crippen LogP contribution in [0.15, 0.2) is 48.9 Å². The van der Waals surface area contributed by atoms with Crippen molar-refractivity contribution in [2.75, 3.05) is 52.0 Å². The van der Waals surface area contributed by atoms with Crippen LogP contribution in [0.2, 0.25) is 0 Å². The summed E-state index contributed by atoms with van der Waals surface area (Å²) in [5.74, 6) is -0.438. The predicted octanol–water partition coefficient (Wildman–Crippen LogP) is 6.92. The van der Waals surface area contributed by atoms with Crippen LogP contribution in [0, 0.1) is 5.92 Å². The number of nitrogens with two attached hydrogens (primary N) is 1. The number of likely N-dealkylation sites (N-methyl/N-ethyl adjacent to an activating group) is 1. The minimum atomic E-state index is -0.814. The number of nitrogens with zero attached hydrogens (tertiary/aromatic N) is 6. The van der Waals surface area contributed by atoms with Crippen LogP contribution in [-0.2, 0) is 25.4 Å². The summed E-state index contributed by atoms with van der Waals surface area (Å²) in [6, 6.07) is 9.96. The number of nitrogen functional groups attached to an aromatic ring is 1. The molecule has 2 amide bonds. The van der Waals surface area contributed by atoms with Gasteiger partial charge in [-0.25, -0.2) is 19.6 Å². The third-order valence-electron chi connectivity index (χ3n) is 10.4. The summed E-state index contributed by atoms with van der Waals surface area (Å²) < 4.78 is 27.2. The van der Waals surface area contributed by atoms with E-state index in [9.17, 15) is 9.59 Å². The lowest BCUT2D eigenvalue weighted by molar-refractivity contribution is -0.160. The first kappa shape index (κ1) is 40.5. The number of aromatic nitrogens is 3. The van der Waals surface area contributed by atoms with Crippen molar-refractivity contribution in [3.05, 3.63) is 60.1 Å². The maximum atomic E-state index is 13.9. The molecule has 1 saturated carbocycles. The SMILES string of the molecule is CN1CC=C(c2cn([C@@H]3C[C@H](CN(CCCN(CCc4ccccc4)C(=O)OC(C)(C)C)C(=O)OC(C)(C)C)[C@H]4OC(C)(C)O[C@H]43)c3ncnc(N)c23)CC1. The Morgan fingerprint density at radius 2 is 1.60 bits per heavy atom. The van der Waals surface area contributed by atoms with Gasteiger partial charge in [0.15, 0.2) is 5.79 Å². The summed E-state index contributed by atoms with van der Waals surface area (Å²) in [4.78, 5) is 42.2. The van der Waals surface area contributed by atoms with Crippen LogP contribution in [0.5, 0.6) is 0 Å². The minimum absolute atomic E-state index is 0.0769. The number of fused-ring (bicyclic) bond motifs is 2. The Hall–Kier alpha value is -4.20. The number of benzene rings is 1. The molecule has 1 aromatic carbocycles. The molecule has 0 radical (unpaired) electrons. The lowest BCUT2D eigenvalue weighted by Gasteiger charge is -2.32. The van der Waals surface area contributed by atoms with Gasteiger partial charge in [0.2, 0.25) is 0 Å². The molecule has 13 nitrogen and oxygen atoms in total. The largest absolute Gasteiger partial charge is 0.444 e. The van der Waals surface area contributed by atoms with Gasteiger partial charge in [0.05, 0.1) is 17.5 Å². The molecule has 2 aromatic heterocycles. The Balaban J connectivity index is 1.25. The van der Waals surface area contributed by atoms with Gasteiger partial charge in [-0.3, -0.25) is 0 Å². The van der Waals surface area contributed by atoms with E-state index in [0.717, 1.165) is 41.7 Å². The molecule has 2 aliphatic heterocycles. The van der Waals surface area contributed by atoms with Gasteiger partial charge in [-0.15, -0.1) is 0 Å². The van der Waals surface area contributed by atoms with Gasteiger partial charge < -0.3 is 43.9 Å². The molecular weight excluding hydrogens is 699 g/mol. The van der Waals surface area contributed by atoms with Crippen molar-refractivity contribution in [2.24, 2.45) is 5.92 Å². The molecule has 4 heterocycles. The molecule has 6 rings (SSSR count). The normalized spacial score (nSPS) is 22.7. The summed E-state index contributed by atoms with van der Waals surface area (Å²) in [6.07, 6.45) is 7.42. The molecule has 13 heteroatoms. The highest BCUT2D eigenvalue weighted by Crippen LogP contribution is 2.49. The van der Waals surface area contributed by atoms with E-state index in [0.29, 0.717) is 51.3 Å². The van der Waals surface area contributed by atoms with Crippen LogP contribution in [0.4, 0.5) is 15.4 Å². The molecule has 4 atom stereocenters. The zero-order valence-electron chi connectivity index (χ0n) is 34.2. The van der Waals surface area contributed by atoms with E-state index in [-0.39, 0.29) is 30.3 Å². The first-order valence-electron chi connectivity index (χ1n) is 19.7. The maximum Gasteiger partial charge on any atom is 0.410 e. The highest BCUT2D eigenvalue weighted by molar-refractivity contribution is 5.98. The number of carbonyl (C=O) groups excluding carboxylic acids is 2. The van der Waals surface area contributed by atoms with E-state index in [4.69, 9.17) is 29.7 Å². The topological polar surface area (TPSA) is 138 Å². The fraction of sp³-hybridized carbons (Fsp3) is 0.619. The smallest absolute Gasteiger partial charge is 0.410 e. The molecule has 300 valence electrons. The number of hydrogen-bond acceptors (Lipinski definition) is 10. The molecule has 0 spiro atoms. The monoisotopic (exact) mass is 759 g/mol. The van der Waals surface area contributed by atoms with Crippen LogP contribution in [0.1, 0.15) is 91.8 Å². The number of rotatable bonds is 11. The molecule has 2 N–H and O–H groups in total. The van der Waals surface area contributed by atoms with Crippen molar-refractivity contribution in [2.45, 2.75) is 116 Å². The van der Waals surface area contributed by atoms with Crippen molar-refractivity contribution in [3.63, 3.8) is 0 Å². The van der Waals surface area contributed by atoms with Gasteiger partial charge in [-0.2, -0.15) is 0 Å². The van der Waals surface area contributed by atoms with Gasteiger partial charge >= 0.3 is 12.2 Å². The van der Waals surface area contributed by atoms with E-state index in [1.54, 1.807) is 9.80 Å². The number of ether oxygens (including phenoxy) is 4. The van der Waals surface area contributed by atoms with E-state index in [2.05, 4.69) is 45.9 Å². The zero-order chi connectivity index (χ0) is 39.7. The van der Waals surface area contributed by atoms with Crippen LogP contribution in [0.25, 0.3) is 16.6 Å². The van der Waals surface area contributed by atoms with Crippen molar-refractivity contribution in [1.29, 1.82) is 0 Å². The van der Waals surface area contributed by atoms with Crippen molar-refractivity contribution in [3.8, 4) is 0 Å². The highest BCUT2D eigenvalue weighted by atomic mass is 16.8. The van der Waals surface area contributed by atoms with Gasteiger partial charge in [0.1, 0.15) is 35.1 Å². The minimum Gasteiger partial charge on any atom is -0.444 e. The standard InChI is InChI=1S/C42H61N7O6/c1-40(2,3)54-38(50)47(23-16-28-14-11-10-12-15-28)19-13-20-48(39(51)55-41(4,5)6)25-30-24-32(35-34(30)52-42(7,8)53-35)49-26-31(29-17-21-46(9)22-18-29)33-36(43)44-27-45-37(33)49/h10-12,14-15,17,26-27,30,32,34-35H,13,16,18-25H2,1-9H3,(H2,43,44,45)/t30-,32-,34-,35+/m1/s1. The summed E-state index contributed by atoms with van der Waals surface area (Å²) in [6.45, 7) is 18.6. The quantitative estimate of drug-likeness (QED) is 0.219. The van der Waals surface area contributed by atoms with Gasteiger partial charge in [-0.1, -0.05) is 36.4 Å². The Labute approximate surface area is 326 Å². The predicted molar refractivity (Wildman–Crippen MR) is 213 cm³/mol.